The van der Waals surface area contributed by atoms with Crippen LogP contribution in [-0.4, -0.2) is 36.0 Å². The van der Waals surface area contributed by atoms with Gasteiger partial charge in [0.2, 0.25) is 0 Å². The van der Waals surface area contributed by atoms with Crippen LogP contribution in [-0.2, 0) is 10.3 Å². The fraction of sp³-hybridized carbons (Fsp3) is 0.278. The zero-order valence-electron chi connectivity index (χ0n) is 14.4. The molecule has 28 heavy (non-hydrogen) atoms. The second-order valence-electron chi connectivity index (χ2n) is 6.43. The zero-order valence-corrected chi connectivity index (χ0v) is 15.2. The molecule has 3 heterocycles. The summed E-state index contributed by atoms with van der Waals surface area (Å²) in [6, 6.07) is 7.16. The van der Waals surface area contributed by atoms with E-state index >= 15 is 0 Å². The normalized spacial score (nSPS) is 22.5. The van der Waals surface area contributed by atoms with Gasteiger partial charge in [-0.3, -0.25) is 4.79 Å². The van der Waals surface area contributed by atoms with Crippen LogP contribution in [0.15, 0.2) is 41.5 Å². The van der Waals surface area contributed by atoms with Crippen LogP contribution in [0.25, 0.3) is 0 Å². The third-order valence-corrected chi connectivity index (χ3v) is 4.90. The lowest BCUT2D eigenvalue weighted by Crippen LogP contribution is -2.54. The quantitative estimate of drug-likeness (QED) is 0.796. The van der Waals surface area contributed by atoms with Gasteiger partial charge in [0.25, 0.3) is 11.9 Å². The van der Waals surface area contributed by atoms with Crippen LogP contribution in [0.2, 0.25) is 5.02 Å². The number of amides is 1. The Kier molecular flexibility index (Phi) is 4.34. The minimum atomic E-state index is -3.30. The molecule has 3 N–H and O–H groups in total. The van der Waals surface area contributed by atoms with Crippen molar-refractivity contribution in [2.45, 2.75) is 17.9 Å². The monoisotopic (exact) mass is 408 g/mol. The van der Waals surface area contributed by atoms with E-state index in [0.717, 1.165) is 0 Å². The Balaban J connectivity index is 1.71. The first-order valence-corrected chi connectivity index (χ1v) is 8.75. The van der Waals surface area contributed by atoms with Crippen molar-refractivity contribution in [1.29, 1.82) is 0 Å². The number of alkyl halides is 2. The van der Waals surface area contributed by atoms with Gasteiger partial charge in [0.05, 0.1) is 11.6 Å². The predicted octanol–water partition coefficient (Wildman–Crippen LogP) is 2.95. The van der Waals surface area contributed by atoms with Gasteiger partial charge in [-0.15, -0.1) is 0 Å². The number of amidine groups is 1. The largest absolute Gasteiger partial charge is 0.493 e. The highest BCUT2D eigenvalue weighted by Crippen LogP contribution is 2.51. The van der Waals surface area contributed by atoms with Crippen molar-refractivity contribution in [1.82, 2.24) is 4.98 Å². The van der Waals surface area contributed by atoms with Gasteiger partial charge in [-0.25, -0.2) is 9.98 Å². The van der Waals surface area contributed by atoms with Gasteiger partial charge in [-0.1, -0.05) is 11.6 Å². The molecule has 0 radical (unpaired) electrons. The molecule has 0 fully saturated rings. The summed E-state index contributed by atoms with van der Waals surface area (Å²) in [6.07, 6.45) is 1.26. The third kappa shape index (κ3) is 3.01. The lowest BCUT2D eigenvalue weighted by atomic mass is 9.79. The topological polar surface area (TPSA) is 98.8 Å². The number of nitrogens with one attached hydrogen (secondary N) is 1. The summed E-state index contributed by atoms with van der Waals surface area (Å²) in [4.78, 5) is 20.3. The number of aromatic nitrogens is 1. The molecule has 7 nitrogen and oxygen atoms in total. The Morgan fingerprint density at radius 3 is 2.82 bits per heavy atom. The van der Waals surface area contributed by atoms with Gasteiger partial charge in [0, 0.05) is 23.9 Å². The average Bonchev–Trinajstić information content (AvgIpc) is 2.66. The zero-order chi connectivity index (χ0) is 19.9. The summed E-state index contributed by atoms with van der Waals surface area (Å²) in [6.45, 7) is -0.827. The van der Waals surface area contributed by atoms with Crippen LogP contribution in [0.1, 0.15) is 22.5 Å². The number of anilines is 1. The van der Waals surface area contributed by atoms with Crippen LogP contribution in [0.3, 0.4) is 0 Å². The van der Waals surface area contributed by atoms with Gasteiger partial charge >= 0.3 is 5.92 Å². The molecule has 0 aliphatic carbocycles. The maximum absolute atomic E-state index is 14.8. The van der Waals surface area contributed by atoms with E-state index in [2.05, 4.69) is 15.3 Å². The molecule has 1 unspecified atom stereocenters. The Morgan fingerprint density at radius 1 is 1.25 bits per heavy atom. The lowest BCUT2D eigenvalue weighted by molar-refractivity contribution is -0.132. The summed E-state index contributed by atoms with van der Waals surface area (Å²) in [5, 5.41) is 3.02. The number of rotatable bonds is 2. The lowest BCUT2D eigenvalue weighted by Gasteiger charge is -2.43. The van der Waals surface area contributed by atoms with E-state index in [0.29, 0.717) is 10.7 Å². The molecule has 2 aliphatic rings. The molecule has 2 aromatic rings. The first kappa shape index (κ1) is 18.4. The Morgan fingerprint density at radius 2 is 2.07 bits per heavy atom. The molecule has 1 atom stereocenters. The highest BCUT2D eigenvalue weighted by atomic mass is 35.5. The molecular formula is C18H15ClF2N4O3. The Bertz CT molecular complexity index is 968. The van der Waals surface area contributed by atoms with E-state index in [1.807, 2.05) is 0 Å². The number of ether oxygens (including phenoxy) is 2. The molecule has 4 rings (SSSR count). The molecule has 0 saturated heterocycles. The molecule has 2 aliphatic heterocycles. The van der Waals surface area contributed by atoms with Crippen molar-refractivity contribution in [3.8, 4) is 5.75 Å². The van der Waals surface area contributed by atoms with Crippen LogP contribution in [0, 0.1) is 0 Å². The molecule has 1 spiro atoms. The minimum Gasteiger partial charge on any atom is -0.493 e. The summed E-state index contributed by atoms with van der Waals surface area (Å²) < 4.78 is 39.9. The highest BCUT2D eigenvalue weighted by molar-refractivity contribution is 6.30. The molecule has 0 bridgehead atoms. The summed E-state index contributed by atoms with van der Waals surface area (Å²) >= 11 is 5.77. The van der Waals surface area contributed by atoms with E-state index in [1.165, 1.54) is 30.5 Å². The number of fused-ring (bicyclic) bond motifs is 2. The minimum absolute atomic E-state index is 0.0553. The number of carbonyl (C=O) groups is 1. The smallest absolute Gasteiger partial charge is 0.310 e. The van der Waals surface area contributed by atoms with Gasteiger partial charge in [0.1, 0.15) is 11.4 Å². The number of nitrogens with zero attached hydrogens (tertiary/aromatic N) is 2. The number of aliphatic imine (C=N–C) groups is 1. The first-order chi connectivity index (χ1) is 13.3. The fourth-order valence-electron chi connectivity index (χ4n) is 3.29. The van der Waals surface area contributed by atoms with Gasteiger partial charge in [0.15, 0.2) is 12.1 Å². The summed E-state index contributed by atoms with van der Waals surface area (Å²) in [7, 11) is 0. The summed E-state index contributed by atoms with van der Waals surface area (Å²) in [5.74, 6) is -3.55. The molecule has 1 amide bonds. The van der Waals surface area contributed by atoms with Gasteiger partial charge < -0.3 is 20.5 Å². The van der Waals surface area contributed by atoms with Crippen molar-refractivity contribution in [3.63, 3.8) is 0 Å². The van der Waals surface area contributed by atoms with E-state index in [1.54, 1.807) is 6.07 Å². The standard InChI is InChI=1S/C18H15ClF2N4O3/c19-10-1-3-13(23-8-10)15(26)24-11-2-4-14-12(7-11)17(5-6-27-14)18(20,21)9-28-16(22)25-17/h1-4,7-8H,5-6,9H2,(H2,22,25)(H,24,26). The number of halogens is 3. The molecule has 0 saturated carbocycles. The average molecular weight is 409 g/mol. The number of benzene rings is 1. The maximum Gasteiger partial charge on any atom is 0.310 e. The predicted molar refractivity (Wildman–Crippen MR) is 98.0 cm³/mol. The molecular weight excluding hydrogens is 394 g/mol. The second kappa shape index (κ2) is 6.59. The van der Waals surface area contributed by atoms with E-state index in [4.69, 9.17) is 26.8 Å². The van der Waals surface area contributed by atoms with Crippen molar-refractivity contribution < 1.29 is 23.0 Å². The fourth-order valence-corrected chi connectivity index (χ4v) is 3.40. The highest BCUT2D eigenvalue weighted by Gasteiger charge is 2.60. The van der Waals surface area contributed by atoms with Crippen LogP contribution >= 0.6 is 11.6 Å². The van der Waals surface area contributed by atoms with E-state index < -0.39 is 24.0 Å². The second-order valence-corrected chi connectivity index (χ2v) is 6.87. The van der Waals surface area contributed by atoms with Gasteiger partial charge in [-0.05, 0) is 30.3 Å². The van der Waals surface area contributed by atoms with Crippen molar-refractivity contribution in [2.75, 3.05) is 18.5 Å². The first-order valence-electron chi connectivity index (χ1n) is 8.37. The number of nitrogens with two attached hydrogens (primary N) is 1. The third-order valence-electron chi connectivity index (χ3n) is 4.67. The molecule has 1 aromatic carbocycles. The van der Waals surface area contributed by atoms with Crippen LogP contribution < -0.4 is 15.8 Å². The number of carbonyl (C=O) groups excluding carboxylic acids is 1. The molecule has 146 valence electrons. The Labute approximate surface area is 163 Å². The SMILES string of the molecule is NC1=NC2(CCOc3ccc(NC(=O)c4ccc(Cl)cn4)cc32)C(F)(F)CO1. The van der Waals surface area contributed by atoms with E-state index in [-0.39, 0.29) is 36.1 Å². The van der Waals surface area contributed by atoms with Crippen molar-refractivity contribution in [3.05, 3.63) is 52.8 Å². The van der Waals surface area contributed by atoms with Crippen LogP contribution in [0.4, 0.5) is 14.5 Å². The molecule has 10 heteroatoms. The number of pyridine rings is 1. The molecule has 1 aromatic heterocycles. The number of hydrogen-bond donors (Lipinski definition) is 2. The van der Waals surface area contributed by atoms with Gasteiger partial charge in [-0.2, -0.15) is 8.78 Å². The Hall–Kier alpha value is -2.94. The van der Waals surface area contributed by atoms with E-state index in [9.17, 15) is 13.6 Å². The summed E-state index contributed by atoms with van der Waals surface area (Å²) in [5.41, 5.74) is 4.24. The van der Waals surface area contributed by atoms with Crippen molar-refractivity contribution in [2.24, 2.45) is 10.7 Å². The van der Waals surface area contributed by atoms with Crippen LogP contribution in [0.5, 0.6) is 5.75 Å². The number of hydrogen-bond acceptors (Lipinski definition) is 6. The van der Waals surface area contributed by atoms with Crippen molar-refractivity contribution >= 4 is 29.2 Å². The maximum atomic E-state index is 14.8.